The Morgan fingerprint density at radius 2 is 1.82 bits per heavy atom. The van der Waals surface area contributed by atoms with Gasteiger partial charge in [-0.1, -0.05) is 55.8 Å². The number of hydrogen-bond donors (Lipinski definition) is 1. The zero-order chi connectivity index (χ0) is 20.9. The average Bonchev–Trinajstić information content (AvgIpc) is 2.61. The van der Waals surface area contributed by atoms with Crippen LogP contribution in [-0.2, 0) is 14.8 Å². The summed E-state index contributed by atoms with van der Waals surface area (Å²) in [5.74, 6) is -0.794. The molecule has 1 unspecified atom stereocenters. The van der Waals surface area contributed by atoms with Gasteiger partial charge < -0.3 is 5.32 Å². The van der Waals surface area contributed by atoms with E-state index in [1.165, 1.54) is 12.1 Å². The number of carbonyl (C=O) groups excluding carboxylic acids is 1. The first-order chi connectivity index (χ1) is 13.1. The normalized spacial score (nSPS) is 12.6. The second kappa shape index (κ2) is 9.39. The minimum absolute atomic E-state index is 0.129. The van der Waals surface area contributed by atoms with Crippen molar-refractivity contribution in [3.8, 4) is 0 Å². The van der Waals surface area contributed by atoms with Crippen molar-refractivity contribution in [2.24, 2.45) is 5.92 Å². The summed E-state index contributed by atoms with van der Waals surface area (Å²) in [7, 11) is -3.77. The number of benzene rings is 2. The summed E-state index contributed by atoms with van der Waals surface area (Å²) in [6, 6.07) is 12.8. The van der Waals surface area contributed by atoms with E-state index in [-0.39, 0.29) is 16.8 Å². The van der Waals surface area contributed by atoms with E-state index in [4.69, 9.17) is 11.6 Å². The van der Waals surface area contributed by atoms with E-state index in [0.29, 0.717) is 12.3 Å². The molecule has 1 N–H and O–H groups in total. The van der Waals surface area contributed by atoms with Crippen LogP contribution in [0.2, 0.25) is 5.02 Å². The van der Waals surface area contributed by atoms with Gasteiger partial charge in [-0.15, -0.1) is 0 Å². The number of amides is 1. The zero-order valence-electron chi connectivity index (χ0n) is 16.0. The molecule has 1 amide bonds. The van der Waals surface area contributed by atoms with Crippen LogP contribution < -0.4 is 9.62 Å². The number of anilines is 1. The highest BCUT2D eigenvalue weighted by Gasteiger charge is 2.24. The van der Waals surface area contributed by atoms with E-state index in [0.717, 1.165) is 22.2 Å². The number of hydrogen-bond acceptors (Lipinski definition) is 3. The molecule has 0 spiro atoms. The van der Waals surface area contributed by atoms with Crippen LogP contribution in [0.5, 0.6) is 0 Å². The smallest absolute Gasteiger partial charge is 0.241 e. The maximum Gasteiger partial charge on any atom is 0.241 e. The largest absolute Gasteiger partial charge is 0.348 e. The Morgan fingerprint density at radius 1 is 1.18 bits per heavy atom. The van der Waals surface area contributed by atoms with Crippen LogP contribution in [0.15, 0.2) is 48.5 Å². The quantitative estimate of drug-likeness (QED) is 0.689. The maximum atomic E-state index is 13.4. The van der Waals surface area contributed by atoms with Crippen molar-refractivity contribution in [1.29, 1.82) is 0 Å². The number of rotatable bonds is 8. The van der Waals surface area contributed by atoms with Crippen LogP contribution in [-0.4, -0.2) is 27.1 Å². The van der Waals surface area contributed by atoms with E-state index in [2.05, 4.69) is 5.32 Å². The number of sulfonamides is 1. The third-order valence-electron chi connectivity index (χ3n) is 4.12. The summed E-state index contributed by atoms with van der Waals surface area (Å²) in [5, 5.41) is 2.70. The number of nitrogens with zero attached hydrogens (tertiary/aromatic N) is 1. The van der Waals surface area contributed by atoms with Gasteiger partial charge >= 0.3 is 0 Å². The highest BCUT2D eigenvalue weighted by atomic mass is 35.5. The van der Waals surface area contributed by atoms with Crippen LogP contribution >= 0.6 is 11.6 Å². The molecule has 1 atom stereocenters. The SMILES string of the molecule is CC(C)CC(NC(=O)CN(c1ccc(F)c(Cl)c1)S(C)(=O)=O)c1ccccc1. The van der Waals surface area contributed by atoms with E-state index in [1.807, 2.05) is 44.2 Å². The molecule has 0 saturated carbocycles. The molecule has 2 rings (SSSR count). The lowest BCUT2D eigenvalue weighted by atomic mass is 9.97. The number of halogens is 2. The van der Waals surface area contributed by atoms with Crippen LogP contribution in [0.3, 0.4) is 0 Å². The fraction of sp³-hybridized carbons (Fsp3) is 0.350. The van der Waals surface area contributed by atoms with Gasteiger partial charge in [0.05, 0.1) is 23.0 Å². The number of carbonyl (C=O) groups is 1. The maximum absolute atomic E-state index is 13.4. The van der Waals surface area contributed by atoms with Gasteiger partial charge in [0.25, 0.3) is 0 Å². The second-order valence-electron chi connectivity index (χ2n) is 7.03. The molecule has 2 aromatic carbocycles. The van der Waals surface area contributed by atoms with Gasteiger partial charge in [-0.2, -0.15) is 0 Å². The lowest BCUT2D eigenvalue weighted by molar-refractivity contribution is -0.120. The Morgan fingerprint density at radius 3 is 2.36 bits per heavy atom. The van der Waals surface area contributed by atoms with Crippen molar-refractivity contribution in [1.82, 2.24) is 5.32 Å². The lowest BCUT2D eigenvalue weighted by Crippen LogP contribution is -2.41. The summed E-state index contributed by atoms with van der Waals surface area (Å²) >= 11 is 5.77. The molecule has 0 aromatic heterocycles. The fourth-order valence-electron chi connectivity index (χ4n) is 2.85. The van der Waals surface area contributed by atoms with Crippen LogP contribution in [0.4, 0.5) is 10.1 Å². The van der Waals surface area contributed by atoms with Crippen molar-refractivity contribution in [3.05, 3.63) is 64.9 Å². The molecule has 5 nitrogen and oxygen atoms in total. The molecule has 0 fully saturated rings. The van der Waals surface area contributed by atoms with Crippen molar-refractivity contribution in [3.63, 3.8) is 0 Å². The van der Waals surface area contributed by atoms with Gasteiger partial charge in [-0.25, -0.2) is 12.8 Å². The summed E-state index contributed by atoms with van der Waals surface area (Å²) in [4.78, 5) is 12.7. The van der Waals surface area contributed by atoms with Crippen molar-refractivity contribution >= 4 is 33.2 Å². The molecule has 0 aliphatic carbocycles. The van der Waals surface area contributed by atoms with Gasteiger partial charge in [0.15, 0.2) is 0 Å². The molecule has 0 aliphatic heterocycles. The average molecular weight is 427 g/mol. The Hall–Kier alpha value is -2.12. The van der Waals surface area contributed by atoms with Gasteiger partial charge in [-0.05, 0) is 36.1 Å². The van der Waals surface area contributed by atoms with E-state index < -0.39 is 28.3 Å². The lowest BCUT2D eigenvalue weighted by Gasteiger charge is -2.25. The molecule has 0 radical (unpaired) electrons. The van der Waals surface area contributed by atoms with Gasteiger partial charge in [-0.3, -0.25) is 9.10 Å². The molecule has 0 saturated heterocycles. The second-order valence-corrected chi connectivity index (χ2v) is 9.34. The van der Waals surface area contributed by atoms with Crippen molar-refractivity contribution < 1.29 is 17.6 Å². The van der Waals surface area contributed by atoms with E-state index in [9.17, 15) is 17.6 Å². The summed E-state index contributed by atoms with van der Waals surface area (Å²) in [6.07, 6.45) is 1.69. The summed E-state index contributed by atoms with van der Waals surface area (Å²) < 4.78 is 38.7. The molecular weight excluding hydrogens is 403 g/mol. The van der Waals surface area contributed by atoms with E-state index >= 15 is 0 Å². The van der Waals surface area contributed by atoms with Crippen molar-refractivity contribution in [2.45, 2.75) is 26.3 Å². The molecule has 2 aromatic rings. The van der Waals surface area contributed by atoms with Crippen molar-refractivity contribution in [2.75, 3.05) is 17.1 Å². The predicted octanol–water partition coefficient (Wildman–Crippen LogP) is 4.15. The highest BCUT2D eigenvalue weighted by Crippen LogP contribution is 2.25. The number of nitrogens with one attached hydrogen (secondary N) is 1. The monoisotopic (exact) mass is 426 g/mol. The Kier molecular flexibility index (Phi) is 7.43. The van der Waals surface area contributed by atoms with Crippen LogP contribution in [0, 0.1) is 11.7 Å². The standard InChI is InChI=1S/C20H24ClFN2O3S/c1-14(2)11-19(15-7-5-4-6-8-15)23-20(25)13-24(28(3,26)27)16-9-10-18(22)17(21)12-16/h4-10,12,14,19H,11,13H2,1-3H3,(H,23,25). The fourth-order valence-corrected chi connectivity index (χ4v) is 3.87. The minimum Gasteiger partial charge on any atom is -0.348 e. The Labute approximate surface area is 170 Å². The molecule has 0 aliphatic rings. The highest BCUT2D eigenvalue weighted by molar-refractivity contribution is 7.92. The molecular formula is C20H24ClFN2O3S. The summed E-state index contributed by atoms with van der Waals surface area (Å²) in [6.45, 7) is 3.67. The third kappa shape index (κ3) is 6.21. The third-order valence-corrected chi connectivity index (χ3v) is 5.55. The first-order valence-corrected chi connectivity index (χ1v) is 11.1. The van der Waals surface area contributed by atoms with Crippen LogP contribution in [0.1, 0.15) is 31.9 Å². The molecule has 152 valence electrons. The van der Waals surface area contributed by atoms with Gasteiger partial charge in [0.1, 0.15) is 12.4 Å². The first kappa shape index (κ1) is 22.2. The summed E-state index contributed by atoms with van der Waals surface area (Å²) in [5.41, 5.74) is 1.07. The van der Waals surface area contributed by atoms with E-state index in [1.54, 1.807) is 0 Å². The molecule has 0 heterocycles. The predicted molar refractivity (Wildman–Crippen MR) is 110 cm³/mol. The van der Waals surface area contributed by atoms with Gasteiger partial charge in [0, 0.05) is 0 Å². The molecule has 8 heteroatoms. The zero-order valence-corrected chi connectivity index (χ0v) is 17.6. The topological polar surface area (TPSA) is 66.5 Å². The molecule has 0 bridgehead atoms. The first-order valence-electron chi connectivity index (χ1n) is 8.85. The van der Waals surface area contributed by atoms with Crippen LogP contribution in [0.25, 0.3) is 0 Å². The molecule has 28 heavy (non-hydrogen) atoms. The minimum atomic E-state index is -3.77. The Balaban J connectivity index is 2.23. The Bertz CT molecular complexity index is 920. The van der Waals surface area contributed by atoms with Gasteiger partial charge in [0.2, 0.25) is 15.9 Å².